The molecule has 6 heteroatoms. The van der Waals surface area contributed by atoms with Crippen LogP contribution in [0, 0.1) is 0 Å². The van der Waals surface area contributed by atoms with Crippen molar-refractivity contribution >= 4 is 10.0 Å². The van der Waals surface area contributed by atoms with Gasteiger partial charge in [0.25, 0.3) is 0 Å². The van der Waals surface area contributed by atoms with Crippen molar-refractivity contribution < 1.29 is 17.9 Å². The van der Waals surface area contributed by atoms with Crippen molar-refractivity contribution in [3.8, 4) is 11.5 Å². The molecule has 2 heterocycles. The van der Waals surface area contributed by atoms with Gasteiger partial charge in [-0.25, -0.2) is 8.42 Å². The van der Waals surface area contributed by atoms with Crippen LogP contribution in [0.3, 0.4) is 0 Å². The lowest BCUT2D eigenvalue weighted by atomic mass is 9.94. The number of ether oxygens (including phenoxy) is 2. The number of hydrogen-bond acceptors (Lipinski definition) is 4. The van der Waals surface area contributed by atoms with E-state index in [1.807, 2.05) is 19.1 Å². The number of rotatable bonds is 1. The first kappa shape index (κ1) is 11.8. The number of sulfonamides is 1. The Morgan fingerprint density at radius 2 is 1.94 bits per heavy atom. The quantitative estimate of drug-likeness (QED) is 0.771. The average Bonchev–Trinajstić information content (AvgIpc) is 2.72. The van der Waals surface area contributed by atoms with Crippen LogP contribution in [-0.2, 0) is 16.4 Å². The van der Waals surface area contributed by atoms with E-state index in [0.29, 0.717) is 18.7 Å². The Morgan fingerprint density at radius 1 is 1.28 bits per heavy atom. The molecule has 1 atom stereocenters. The lowest BCUT2D eigenvalue weighted by Gasteiger charge is -2.33. The minimum atomic E-state index is -3.17. The number of fused-ring (bicyclic) bond motifs is 2. The fourth-order valence-electron chi connectivity index (χ4n) is 2.64. The van der Waals surface area contributed by atoms with E-state index in [-0.39, 0.29) is 12.8 Å². The van der Waals surface area contributed by atoms with Crippen molar-refractivity contribution in [2.24, 2.45) is 0 Å². The van der Waals surface area contributed by atoms with Crippen molar-refractivity contribution in [2.45, 2.75) is 19.4 Å². The highest BCUT2D eigenvalue weighted by Gasteiger charge is 2.31. The van der Waals surface area contributed by atoms with E-state index in [2.05, 4.69) is 0 Å². The molecule has 3 rings (SSSR count). The summed E-state index contributed by atoms with van der Waals surface area (Å²) < 4.78 is 35.6. The zero-order chi connectivity index (χ0) is 12.9. The van der Waals surface area contributed by atoms with Crippen LogP contribution in [0.2, 0.25) is 0 Å². The maximum atomic E-state index is 11.7. The molecule has 5 nitrogen and oxygen atoms in total. The molecule has 0 spiro atoms. The first-order valence-corrected chi connectivity index (χ1v) is 7.71. The highest BCUT2D eigenvalue weighted by atomic mass is 32.2. The Bertz CT molecular complexity index is 596. The fourth-order valence-corrected chi connectivity index (χ4v) is 3.75. The van der Waals surface area contributed by atoms with Crippen molar-refractivity contribution in [2.75, 3.05) is 19.6 Å². The first-order chi connectivity index (χ1) is 8.47. The van der Waals surface area contributed by atoms with E-state index < -0.39 is 10.0 Å². The number of nitrogens with zero attached hydrogens (tertiary/aromatic N) is 1. The van der Waals surface area contributed by atoms with E-state index in [9.17, 15) is 8.42 Å². The van der Waals surface area contributed by atoms with Gasteiger partial charge in [-0.1, -0.05) is 0 Å². The molecule has 1 aromatic rings. The average molecular weight is 269 g/mol. The largest absolute Gasteiger partial charge is 0.454 e. The van der Waals surface area contributed by atoms with Gasteiger partial charge in [-0.2, -0.15) is 4.31 Å². The molecule has 0 amide bonds. The third-order valence-electron chi connectivity index (χ3n) is 3.54. The summed E-state index contributed by atoms with van der Waals surface area (Å²) in [6, 6.07) is 3.71. The van der Waals surface area contributed by atoms with Crippen LogP contribution in [0.4, 0.5) is 0 Å². The van der Waals surface area contributed by atoms with Crippen LogP contribution in [0.1, 0.15) is 24.1 Å². The predicted molar refractivity (Wildman–Crippen MR) is 66.2 cm³/mol. The second-order valence-electron chi connectivity index (χ2n) is 4.70. The molecule has 0 saturated carbocycles. The zero-order valence-electron chi connectivity index (χ0n) is 10.3. The summed E-state index contributed by atoms with van der Waals surface area (Å²) in [6.07, 6.45) is 1.96. The zero-order valence-corrected chi connectivity index (χ0v) is 11.2. The van der Waals surface area contributed by atoms with Gasteiger partial charge in [0.05, 0.1) is 6.26 Å². The third-order valence-corrected chi connectivity index (χ3v) is 4.89. The molecule has 1 unspecified atom stereocenters. The lowest BCUT2D eigenvalue weighted by molar-refractivity contribution is 0.174. The summed E-state index contributed by atoms with van der Waals surface area (Å²) in [6.45, 7) is 2.66. The van der Waals surface area contributed by atoms with Gasteiger partial charge in [-0.15, -0.1) is 0 Å². The molecule has 0 N–H and O–H groups in total. The lowest BCUT2D eigenvalue weighted by Crippen LogP contribution is -2.38. The summed E-state index contributed by atoms with van der Waals surface area (Å²) in [5.41, 5.74) is 2.16. The fraction of sp³-hybridized carbons (Fsp3) is 0.500. The van der Waals surface area contributed by atoms with Gasteiger partial charge >= 0.3 is 0 Å². The molecule has 0 aliphatic carbocycles. The molecule has 0 bridgehead atoms. The normalized spacial score (nSPS) is 22.9. The monoisotopic (exact) mass is 269 g/mol. The van der Waals surface area contributed by atoms with E-state index in [1.54, 1.807) is 0 Å². The predicted octanol–water partition coefficient (Wildman–Crippen LogP) is 1.29. The summed E-state index contributed by atoms with van der Waals surface area (Å²) in [7, 11) is -3.17. The van der Waals surface area contributed by atoms with Gasteiger partial charge in [-0.05, 0) is 36.6 Å². The Balaban J connectivity index is 2.06. The SMILES string of the molecule is CC1c2cc3c(cc2CCN1S(C)(=O)=O)OCO3. The Morgan fingerprint density at radius 3 is 2.61 bits per heavy atom. The van der Waals surface area contributed by atoms with Crippen molar-refractivity contribution in [3.05, 3.63) is 23.3 Å². The van der Waals surface area contributed by atoms with Gasteiger partial charge in [-0.3, -0.25) is 0 Å². The Labute approximate surface area is 106 Å². The second kappa shape index (κ2) is 3.86. The minimum absolute atomic E-state index is 0.154. The van der Waals surface area contributed by atoms with E-state index >= 15 is 0 Å². The van der Waals surface area contributed by atoms with Crippen molar-refractivity contribution in [1.29, 1.82) is 0 Å². The molecule has 2 aliphatic rings. The topological polar surface area (TPSA) is 55.8 Å². The highest BCUT2D eigenvalue weighted by molar-refractivity contribution is 7.88. The molecule has 0 aromatic heterocycles. The van der Waals surface area contributed by atoms with Crippen LogP contribution in [0.5, 0.6) is 11.5 Å². The molecule has 1 aromatic carbocycles. The molecule has 0 fully saturated rings. The Kier molecular flexibility index (Phi) is 2.53. The first-order valence-electron chi connectivity index (χ1n) is 5.86. The standard InChI is InChI=1S/C12H15NO4S/c1-8-10-6-12-11(16-7-17-12)5-9(10)3-4-13(8)18(2,14)15/h5-6,8H,3-4,7H2,1-2H3. The number of hydrogen-bond donors (Lipinski definition) is 0. The van der Waals surface area contributed by atoms with Crippen LogP contribution < -0.4 is 9.47 Å². The molecule has 98 valence electrons. The van der Waals surface area contributed by atoms with Gasteiger partial charge in [0.2, 0.25) is 16.8 Å². The molecule has 2 aliphatic heterocycles. The van der Waals surface area contributed by atoms with Crippen LogP contribution >= 0.6 is 0 Å². The molecule has 0 saturated heterocycles. The number of benzene rings is 1. The maximum Gasteiger partial charge on any atom is 0.231 e. The van der Waals surface area contributed by atoms with Crippen LogP contribution in [0.25, 0.3) is 0 Å². The summed E-state index contributed by atoms with van der Waals surface area (Å²) in [4.78, 5) is 0. The van der Waals surface area contributed by atoms with E-state index in [1.165, 1.54) is 10.6 Å². The molecular weight excluding hydrogens is 254 g/mol. The van der Waals surface area contributed by atoms with Gasteiger partial charge < -0.3 is 9.47 Å². The van der Waals surface area contributed by atoms with Crippen LogP contribution in [-0.4, -0.2) is 32.3 Å². The van der Waals surface area contributed by atoms with Gasteiger partial charge in [0, 0.05) is 12.6 Å². The van der Waals surface area contributed by atoms with Gasteiger partial charge in [0.15, 0.2) is 11.5 Å². The third kappa shape index (κ3) is 1.76. The molecular formula is C12H15NO4S. The summed E-state index contributed by atoms with van der Waals surface area (Å²) >= 11 is 0. The van der Waals surface area contributed by atoms with Crippen LogP contribution in [0.15, 0.2) is 12.1 Å². The minimum Gasteiger partial charge on any atom is -0.454 e. The van der Waals surface area contributed by atoms with E-state index in [0.717, 1.165) is 16.9 Å². The van der Waals surface area contributed by atoms with Gasteiger partial charge in [0.1, 0.15) is 0 Å². The second-order valence-corrected chi connectivity index (χ2v) is 6.64. The van der Waals surface area contributed by atoms with Crippen molar-refractivity contribution in [1.82, 2.24) is 4.31 Å². The van der Waals surface area contributed by atoms with E-state index in [4.69, 9.17) is 9.47 Å². The molecule has 0 radical (unpaired) electrons. The molecule has 18 heavy (non-hydrogen) atoms. The maximum absolute atomic E-state index is 11.7. The smallest absolute Gasteiger partial charge is 0.231 e. The summed E-state index contributed by atoms with van der Waals surface area (Å²) in [5, 5.41) is 0. The highest BCUT2D eigenvalue weighted by Crippen LogP contribution is 2.40. The van der Waals surface area contributed by atoms with Crippen molar-refractivity contribution in [3.63, 3.8) is 0 Å². The Hall–Kier alpha value is -1.27. The summed E-state index contributed by atoms with van der Waals surface area (Å²) in [5.74, 6) is 1.46.